The average molecular weight is 335 g/mol. The van der Waals surface area contributed by atoms with Gasteiger partial charge in [-0.3, -0.25) is 0 Å². The van der Waals surface area contributed by atoms with E-state index < -0.39 is 18.0 Å². The maximum atomic E-state index is 12.9. The van der Waals surface area contributed by atoms with Crippen molar-refractivity contribution in [3.8, 4) is 11.9 Å². The monoisotopic (exact) mass is 335 g/mol. The van der Waals surface area contributed by atoms with E-state index in [1.54, 1.807) is 7.05 Å². The van der Waals surface area contributed by atoms with Gasteiger partial charge in [-0.1, -0.05) is 30.3 Å². The number of aromatic nitrogens is 1. The minimum Gasteiger partial charge on any atom is -0.468 e. The van der Waals surface area contributed by atoms with E-state index in [4.69, 9.17) is 10.00 Å². The topological polar surface area (TPSA) is 57.9 Å². The minimum atomic E-state index is -4.60. The zero-order chi connectivity index (χ0) is 17.6. The molecule has 2 aromatic rings. The second-order valence-electron chi connectivity index (χ2n) is 5.07. The summed E-state index contributed by atoms with van der Waals surface area (Å²) in [5.41, 5.74) is -0.318. The number of pyridine rings is 1. The molecule has 0 unspecified atom stereocenters. The molecule has 24 heavy (non-hydrogen) atoms. The van der Waals surface area contributed by atoms with E-state index in [0.29, 0.717) is 13.0 Å². The summed E-state index contributed by atoms with van der Waals surface area (Å²) < 4.78 is 44.3. The van der Waals surface area contributed by atoms with E-state index in [9.17, 15) is 13.2 Å². The van der Waals surface area contributed by atoms with Crippen LogP contribution in [0, 0.1) is 11.3 Å². The normalized spacial score (nSPS) is 12.5. The Hall–Kier alpha value is -2.59. The van der Waals surface area contributed by atoms with Gasteiger partial charge in [-0.2, -0.15) is 18.4 Å². The van der Waals surface area contributed by atoms with Gasteiger partial charge in [0.25, 0.3) is 0 Å². The van der Waals surface area contributed by atoms with Gasteiger partial charge in [0.05, 0.1) is 0 Å². The fourth-order valence-corrected chi connectivity index (χ4v) is 2.14. The number of halogens is 3. The molecular weight excluding hydrogens is 319 g/mol. The Morgan fingerprint density at radius 2 is 1.92 bits per heavy atom. The molecule has 0 aliphatic rings. The molecule has 0 amide bonds. The number of hydrogen-bond acceptors (Lipinski definition) is 4. The zero-order valence-corrected chi connectivity index (χ0v) is 13.0. The third-order valence-electron chi connectivity index (χ3n) is 3.35. The lowest BCUT2D eigenvalue weighted by molar-refractivity contribution is -0.141. The summed E-state index contributed by atoms with van der Waals surface area (Å²) in [6.07, 6.45) is -4.59. The predicted molar refractivity (Wildman–Crippen MR) is 82.3 cm³/mol. The molecule has 0 bridgehead atoms. The fraction of sp³-hybridized carbons (Fsp3) is 0.294. The summed E-state index contributed by atoms with van der Waals surface area (Å²) >= 11 is 0. The summed E-state index contributed by atoms with van der Waals surface area (Å²) in [5, 5.41) is 12.1. The van der Waals surface area contributed by atoms with E-state index in [1.165, 1.54) is 0 Å². The summed E-state index contributed by atoms with van der Waals surface area (Å²) in [6, 6.07) is 12.8. The van der Waals surface area contributed by atoms with E-state index >= 15 is 0 Å². The van der Waals surface area contributed by atoms with Crippen LogP contribution in [0.15, 0.2) is 42.5 Å². The maximum Gasteiger partial charge on any atom is 0.433 e. The van der Waals surface area contributed by atoms with E-state index in [1.807, 2.05) is 36.4 Å². The van der Waals surface area contributed by atoms with Crippen molar-refractivity contribution in [1.82, 2.24) is 10.3 Å². The number of ether oxygens (including phenoxy) is 1. The molecule has 1 atom stereocenters. The van der Waals surface area contributed by atoms with Crippen molar-refractivity contribution < 1.29 is 17.9 Å². The van der Waals surface area contributed by atoms with Gasteiger partial charge in [0.15, 0.2) is 0 Å². The Morgan fingerprint density at radius 1 is 1.21 bits per heavy atom. The number of hydrogen-bond donors (Lipinski definition) is 1. The highest BCUT2D eigenvalue weighted by Gasteiger charge is 2.33. The highest BCUT2D eigenvalue weighted by molar-refractivity contribution is 5.39. The maximum absolute atomic E-state index is 12.9. The van der Waals surface area contributed by atoms with Crippen LogP contribution < -0.4 is 10.1 Å². The van der Waals surface area contributed by atoms with Crippen molar-refractivity contribution in [3.05, 3.63) is 59.3 Å². The van der Waals surface area contributed by atoms with Crippen LogP contribution in [0.3, 0.4) is 0 Å². The molecule has 1 aromatic carbocycles. The molecule has 7 heteroatoms. The van der Waals surface area contributed by atoms with Crippen molar-refractivity contribution in [2.75, 3.05) is 13.6 Å². The van der Waals surface area contributed by atoms with Gasteiger partial charge in [-0.05, 0) is 31.3 Å². The first-order valence-corrected chi connectivity index (χ1v) is 7.30. The lowest BCUT2D eigenvalue weighted by Gasteiger charge is -2.20. The fourth-order valence-electron chi connectivity index (χ4n) is 2.14. The molecule has 126 valence electrons. The molecule has 0 fully saturated rings. The summed E-state index contributed by atoms with van der Waals surface area (Å²) in [7, 11) is 1.77. The van der Waals surface area contributed by atoms with Crippen LogP contribution in [-0.4, -0.2) is 18.6 Å². The van der Waals surface area contributed by atoms with Crippen LogP contribution in [0.1, 0.15) is 29.3 Å². The number of benzene rings is 1. The van der Waals surface area contributed by atoms with Crippen molar-refractivity contribution >= 4 is 0 Å². The molecule has 0 aliphatic carbocycles. The molecule has 0 spiro atoms. The van der Waals surface area contributed by atoms with Crippen molar-refractivity contribution in [2.45, 2.75) is 18.7 Å². The van der Waals surface area contributed by atoms with E-state index in [0.717, 1.165) is 17.7 Å². The molecule has 0 saturated carbocycles. The van der Waals surface area contributed by atoms with Crippen molar-refractivity contribution in [2.24, 2.45) is 0 Å². The van der Waals surface area contributed by atoms with E-state index in [-0.39, 0.29) is 11.4 Å². The summed E-state index contributed by atoms with van der Waals surface area (Å²) in [5.74, 6) is -0.308. The van der Waals surface area contributed by atoms with Gasteiger partial charge >= 0.3 is 6.18 Å². The molecular formula is C17H16F3N3O. The van der Waals surface area contributed by atoms with Gasteiger partial charge in [0.2, 0.25) is 5.88 Å². The minimum absolute atomic E-state index is 0.0339. The number of nitrogens with one attached hydrogen (secondary N) is 1. The lowest BCUT2D eigenvalue weighted by Crippen LogP contribution is -2.18. The van der Waals surface area contributed by atoms with Gasteiger partial charge < -0.3 is 10.1 Å². The Labute approximate surface area is 137 Å². The largest absolute Gasteiger partial charge is 0.468 e. The quantitative estimate of drug-likeness (QED) is 0.874. The molecule has 0 aliphatic heterocycles. The highest BCUT2D eigenvalue weighted by Crippen LogP contribution is 2.32. The number of nitriles is 1. The molecule has 4 nitrogen and oxygen atoms in total. The third kappa shape index (κ3) is 4.46. The van der Waals surface area contributed by atoms with Crippen LogP contribution >= 0.6 is 0 Å². The number of rotatable bonds is 6. The highest BCUT2D eigenvalue weighted by atomic mass is 19.4. The third-order valence-corrected chi connectivity index (χ3v) is 3.35. The zero-order valence-electron chi connectivity index (χ0n) is 13.0. The number of alkyl halides is 3. The first-order chi connectivity index (χ1) is 11.5. The second-order valence-corrected chi connectivity index (χ2v) is 5.07. The molecule has 1 heterocycles. The van der Waals surface area contributed by atoms with Gasteiger partial charge in [0, 0.05) is 6.42 Å². The smallest absolute Gasteiger partial charge is 0.433 e. The van der Waals surface area contributed by atoms with Gasteiger partial charge in [-0.25, -0.2) is 4.98 Å². The van der Waals surface area contributed by atoms with Crippen LogP contribution in [0.4, 0.5) is 13.2 Å². The first-order valence-electron chi connectivity index (χ1n) is 7.30. The SMILES string of the molecule is CNCC[C@@H](Oc1nc(C(F)(F)F)ccc1C#N)c1ccccc1. The first kappa shape index (κ1) is 17.8. The average Bonchev–Trinajstić information content (AvgIpc) is 2.58. The molecule has 1 aromatic heterocycles. The Bertz CT molecular complexity index is 711. The van der Waals surface area contributed by atoms with Crippen LogP contribution in [-0.2, 0) is 6.18 Å². The molecule has 0 saturated heterocycles. The molecule has 0 radical (unpaired) electrons. The predicted octanol–water partition coefficient (Wildman–Crippen LogP) is 3.70. The van der Waals surface area contributed by atoms with Crippen LogP contribution in [0.25, 0.3) is 0 Å². The summed E-state index contributed by atoms with van der Waals surface area (Å²) in [6.45, 7) is 0.598. The number of nitrogens with zero attached hydrogens (tertiary/aromatic N) is 2. The van der Waals surface area contributed by atoms with Gasteiger partial charge in [0.1, 0.15) is 23.4 Å². The van der Waals surface area contributed by atoms with Crippen LogP contribution in [0.2, 0.25) is 0 Å². The summed E-state index contributed by atoms with van der Waals surface area (Å²) in [4.78, 5) is 3.50. The second kappa shape index (κ2) is 7.79. The Kier molecular flexibility index (Phi) is 5.77. The molecule has 1 N–H and O–H groups in total. The van der Waals surface area contributed by atoms with Crippen molar-refractivity contribution in [1.29, 1.82) is 5.26 Å². The van der Waals surface area contributed by atoms with Crippen molar-refractivity contribution in [3.63, 3.8) is 0 Å². The standard InChI is InChI=1S/C17H16F3N3O/c1-22-10-9-14(12-5-3-2-4-6-12)24-16-13(11-21)7-8-15(23-16)17(18,19)20/h2-8,14,22H,9-10H2,1H3/t14-/m1/s1. The van der Waals surface area contributed by atoms with E-state index in [2.05, 4.69) is 10.3 Å². The Balaban J connectivity index is 2.36. The Morgan fingerprint density at radius 3 is 2.50 bits per heavy atom. The van der Waals surface area contributed by atoms with Crippen LogP contribution in [0.5, 0.6) is 5.88 Å². The molecule has 2 rings (SSSR count). The van der Waals surface area contributed by atoms with Gasteiger partial charge in [-0.15, -0.1) is 0 Å². The lowest BCUT2D eigenvalue weighted by atomic mass is 10.1.